The van der Waals surface area contributed by atoms with Gasteiger partial charge in [-0.1, -0.05) is 12.2 Å². The van der Waals surface area contributed by atoms with E-state index in [0.717, 1.165) is 0 Å². The molecule has 53 valence electrons. The fourth-order valence-electron chi connectivity index (χ4n) is 0.633. The van der Waals surface area contributed by atoms with Crippen molar-refractivity contribution in [2.24, 2.45) is 0 Å². The molecule has 0 aliphatic carbocycles. The normalized spacial score (nSPS) is 10.9. The molecule has 0 amide bonds. The van der Waals surface area contributed by atoms with E-state index < -0.39 is 0 Å². The van der Waals surface area contributed by atoms with Gasteiger partial charge in [0.2, 0.25) is 0 Å². The van der Waals surface area contributed by atoms with E-state index in [0.29, 0.717) is 0 Å². The molecule has 0 heterocycles. The highest BCUT2D eigenvalue weighted by Crippen LogP contribution is 2.03. The molecular weight excluding hydrogens is 128 g/mol. The van der Waals surface area contributed by atoms with Crippen molar-refractivity contribution < 1.29 is 0 Å². The van der Waals surface area contributed by atoms with Crippen LogP contribution in [0.25, 0.3) is 0 Å². The number of allylic oxidation sites excluding steroid dienone is 2. The fourth-order valence-corrected chi connectivity index (χ4v) is 1.04. The molecule has 0 saturated heterocycles. The topological polar surface area (TPSA) is 0 Å². The zero-order valence-corrected chi connectivity index (χ0v) is 6.91. The zero-order chi connectivity index (χ0) is 6.95. The van der Waals surface area contributed by atoms with E-state index in [9.17, 15) is 0 Å². The maximum absolute atomic E-state index is 3.70. The lowest BCUT2D eigenvalue weighted by atomic mass is 10.2. The zero-order valence-electron chi connectivity index (χ0n) is 6.10. The third kappa shape index (κ3) is 8.09. The molecule has 0 aliphatic heterocycles. The summed E-state index contributed by atoms with van der Waals surface area (Å²) in [5, 5.41) is 0. The van der Waals surface area contributed by atoms with Crippen LogP contribution in [0.15, 0.2) is 12.2 Å². The van der Waals surface area contributed by atoms with Crippen LogP contribution in [-0.2, 0) is 0 Å². The summed E-state index contributed by atoms with van der Waals surface area (Å²) in [4.78, 5) is 0. The first-order valence-electron chi connectivity index (χ1n) is 3.40. The van der Waals surface area contributed by atoms with Gasteiger partial charge >= 0.3 is 0 Å². The third-order valence-corrected chi connectivity index (χ3v) is 1.72. The number of hydrogen-bond acceptors (Lipinski definition) is 1. The smallest absolute Gasteiger partial charge is 0.00235 e. The second-order valence-electron chi connectivity index (χ2n) is 1.97. The lowest BCUT2D eigenvalue weighted by molar-refractivity contribution is 0.823. The Hall–Kier alpha value is 0.0900. The van der Waals surface area contributed by atoms with Crippen molar-refractivity contribution in [3.63, 3.8) is 0 Å². The van der Waals surface area contributed by atoms with Crippen molar-refractivity contribution in [3.05, 3.63) is 18.4 Å². The molecule has 0 unspecified atom stereocenters. The summed E-state index contributed by atoms with van der Waals surface area (Å²) in [5.41, 5.74) is 0. The van der Waals surface area contributed by atoms with Crippen LogP contribution in [0.2, 0.25) is 0 Å². The highest BCUT2D eigenvalue weighted by molar-refractivity contribution is 8.00. The SMILES string of the molecule is [CH2]SCCCCC=CC. The summed E-state index contributed by atoms with van der Waals surface area (Å²) in [5.74, 6) is 1.21. The average molecular weight is 143 g/mol. The first kappa shape index (κ1) is 9.09. The van der Waals surface area contributed by atoms with E-state index in [2.05, 4.69) is 25.3 Å². The Kier molecular flexibility index (Phi) is 8.17. The first-order valence-corrected chi connectivity index (χ1v) is 4.55. The summed E-state index contributed by atoms with van der Waals surface area (Å²) in [6, 6.07) is 0. The second-order valence-corrected chi connectivity index (χ2v) is 2.79. The van der Waals surface area contributed by atoms with Gasteiger partial charge in [-0.05, 0) is 31.9 Å². The van der Waals surface area contributed by atoms with Gasteiger partial charge in [-0.2, -0.15) is 11.8 Å². The second kappa shape index (κ2) is 8.09. The van der Waals surface area contributed by atoms with Gasteiger partial charge in [-0.15, -0.1) is 0 Å². The van der Waals surface area contributed by atoms with Crippen molar-refractivity contribution in [2.75, 3.05) is 5.75 Å². The molecule has 0 aromatic heterocycles. The van der Waals surface area contributed by atoms with Gasteiger partial charge < -0.3 is 0 Å². The summed E-state index contributed by atoms with van der Waals surface area (Å²) in [6.45, 7) is 2.07. The van der Waals surface area contributed by atoms with Crippen LogP contribution in [0.1, 0.15) is 26.2 Å². The van der Waals surface area contributed by atoms with Gasteiger partial charge in [0.25, 0.3) is 0 Å². The Balaban J connectivity index is 2.75. The standard InChI is InChI=1S/C8H15S/c1-3-4-5-6-7-8-9-2/h3-4H,2,5-8H2,1H3. The number of thioether (sulfide) groups is 1. The molecule has 0 saturated carbocycles. The molecule has 0 aromatic carbocycles. The van der Waals surface area contributed by atoms with Crippen molar-refractivity contribution in [1.82, 2.24) is 0 Å². The summed E-state index contributed by atoms with van der Waals surface area (Å²) in [6.07, 6.45) is 11.9. The van der Waals surface area contributed by atoms with Crippen molar-refractivity contribution in [1.29, 1.82) is 0 Å². The molecule has 0 aromatic rings. The highest BCUT2D eigenvalue weighted by atomic mass is 32.2. The minimum absolute atomic E-state index is 1.21. The number of hydrogen-bond donors (Lipinski definition) is 0. The van der Waals surface area contributed by atoms with Crippen LogP contribution < -0.4 is 0 Å². The molecule has 0 aliphatic rings. The molecule has 1 radical (unpaired) electrons. The maximum Gasteiger partial charge on any atom is 0.00235 e. The predicted molar refractivity (Wildman–Crippen MR) is 46.5 cm³/mol. The third-order valence-electron chi connectivity index (χ3n) is 1.15. The average Bonchev–Trinajstić information content (AvgIpc) is 1.89. The quantitative estimate of drug-likeness (QED) is 0.420. The Morgan fingerprint density at radius 1 is 1.44 bits per heavy atom. The maximum atomic E-state index is 3.70. The molecule has 0 fully saturated rings. The van der Waals surface area contributed by atoms with Crippen LogP contribution in [-0.4, -0.2) is 5.75 Å². The van der Waals surface area contributed by atoms with Crippen molar-refractivity contribution >= 4 is 11.8 Å². The minimum atomic E-state index is 1.21. The van der Waals surface area contributed by atoms with Crippen LogP contribution in [0.4, 0.5) is 0 Å². The molecule has 0 rings (SSSR count). The predicted octanol–water partition coefficient (Wildman–Crippen LogP) is 3.26. The molecule has 0 N–H and O–H groups in total. The lowest BCUT2D eigenvalue weighted by Crippen LogP contribution is -1.75. The van der Waals surface area contributed by atoms with E-state index in [-0.39, 0.29) is 0 Å². The van der Waals surface area contributed by atoms with Crippen molar-refractivity contribution in [2.45, 2.75) is 26.2 Å². The Morgan fingerprint density at radius 2 is 2.22 bits per heavy atom. The molecule has 0 atom stereocenters. The van der Waals surface area contributed by atoms with Crippen LogP contribution in [0.3, 0.4) is 0 Å². The van der Waals surface area contributed by atoms with E-state index in [1.54, 1.807) is 11.8 Å². The van der Waals surface area contributed by atoms with Gasteiger partial charge in [-0.25, -0.2) is 0 Å². The number of rotatable bonds is 5. The summed E-state index contributed by atoms with van der Waals surface area (Å²) < 4.78 is 0. The fraction of sp³-hybridized carbons (Fsp3) is 0.625. The molecular formula is C8H15S. The van der Waals surface area contributed by atoms with Crippen LogP contribution in [0, 0.1) is 6.26 Å². The van der Waals surface area contributed by atoms with Crippen LogP contribution in [0.5, 0.6) is 0 Å². The van der Waals surface area contributed by atoms with E-state index in [4.69, 9.17) is 0 Å². The van der Waals surface area contributed by atoms with Crippen LogP contribution >= 0.6 is 11.8 Å². The monoisotopic (exact) mass is 143 g/mol. The minimum Gasteiger partial charge on any atom is -0.161 e. The molecule has 0 nitrogen and oxygen atoms in total. The Labute approximate surface area is 62.7 Å². The van der Waals surface area contributed by atoms with Gasteiger partial charge in [0.1, 0.15) is 0 Å². The molecule has 0 spiro atoms. The summed E-state index contributed by atoms with van der Waals surface area (Å²) >= 11 is 1.69. The largest absolute Gasteiger partial charge is 0.161 e. The molecule has 9 heavy (non-hydrogen) atoms. The van der Waals surface area contributed by atoms with Gasteiger partial charge in [0.05, 0.1) is 0 Å². The summed E-state index contributed by atoms with van der Waals surface area (Å²) in [7, 11) is 0. The first-order chi connectivity index (χ1) is 4.41. The highest BCUT2D eigenvalue weighted by Gasteiger charge is 1.82. The van der Waals surface area contributed by atoms with Gasteiger partial charge in [0.15, 0.2) is 0 Å². The van der Waals surface area contributed by atoms with Gasteiger partial charge in [-0.3, -0.25) is 0 Å². The number of unbranched alkanes of at least 4 members (excludes halogenated alkanes) is 2. The Bertz CT molecular complexity index is 67.0. The van der Waals surface area contributed by atoms with Gasteiger partial charge in [0, 0.05) is 6.26 Å². The molecule has 1 heteroatoms. The van der Waals surface area contributed by atoms with Crippen molar-refractivity contribution in [3.8, 4) is 0 Å². The van der Waals surface area contributed by atoms with E-state index in [1.165, 1.54) is 25.0 Å². The molecule has 0 bridgehead atoms. The van der Waals surface area contributed by atoms with E-state index in [1.807, 2.05) is 0 Å². The Morgan fingerprint density at radius 3 is 2.78 bits per heavy atom. The lowest BCUT2D eigenvalue weighted by Gasteiger charge is -1.92. The van der Waals surface area contributed by atoms with E-state index >= 15 is 0 Å².